The van der Waals surface area contributed by atoms with Crippen molar-refractivity contribution in [1.29, 1.82) is 0 Å². The molecule has 9 rings (SSSR count). The Kier molecular flexibility index (Phi) is 5.40. The highest BCUT2D eigenvalue weighted by Crippen LogP contribution is 2.41. The molecule has 0 amide bonds. The molecular formula is C33H30B4N6O. The van der Waals surface area contributed by atoms with E-state index in [9.17, 15) is 0 Å². The zero-order valence-electron chi connectivity index (χ0n) is 25.0. The average molecular weight is 570 g/mol. The summed E-state index contributed by atoms with van der Waals surface area (Å²) in [7, 11) is 0. The van der Waals surface area contributed by atoms with Crippen molar-refractivity contribution in [3.63, 3.8) is 0 Å². The van der Waals surface area contributed by atoms with Crippen LogP contribution >= 0.6 is 0 Å². The standard InChI is InChI=1S/C33H30B4N6O/c1-33(2,3)26-14-15-29-31(44-32-38-27-12-4-5-13-28(27)43(29)32)30(26)25-16-23-42-36-19-7-10-21-40(36)34-17-6-9-20-39(34)35-18-8-11-22-41(35)37(42)24-25/h4-24H,1-3H3. The number of nitrogens with zero attached hydrogens (tertiary/aromatic N) is 6. The molecule has 4 aromatic rings. The zero-order valence-corrected chi connectivity index (χ0v) is 25.0. The third-order valence-corrected chi connectivity index (χ3v) is 9.35. The number of rotatable bonds is 1. The molecule has 0 spiro atoms. The van der Waals surface area contributed by atoms with Gasteiger partial charge in [-0.25, -0.2) is 0 Å². The number of hydrogen-bond acceptors (Lipinski definition) is 6. The van der Waals surface area contributed by atoms with E-state index < -0.39 is 0 Å². The van der Waals surface area contributed by atoms with Crippen LogP contribution in [0.1, 0.15) is 31.9 Å². The van der Waals surface area contributed by atoms with Gasteiger partial charge in [0.05, 0.1) is 16.6 Å². The second kappa shape index (κ2) is 9.29. The molecule has 11 heteroatoms. The van der Waals surface area contributed by atoms with E-state index in [1.807, 2.05) is 12.1 Å². The molecule has 7 nitrogen and oxygen atoms in total. The molecular weight excluding hydrogens is 540 g/mol. The summed E-state index contributed by atoms with van der Waals surface area (Å²) in [6.45, 7) is 6.95. The highest BCUT2D eigenvalue weighted by Gasteiger charge is 2.50. The van der Waals surface area contributed by atoms with Crippen molar-refractivity contribution in [3.8, 4) is 0 Å². The second-order valence-electron chi connectivity index (χ2n) is 13.0. The summed E-state index contributed by atoms with van der Waals surface area (Å²) in [6, 6.07) is 12.7. The molecule has 1 saturated heterocycles. The fourth-order valence-corrected chi connectivity index (χ4v) is 7.36. The fraction of sp³-hybridized carbons (Fsp3) is 0.121. The molecule has 0 atom stereocenters. The molecule has 5 aliphatic rings. The van der Waals surface area contributed by atoms with E-state index in [-0.39, 0.29) is 33.3 Å². The van der Waals surface area contributed by atoms with Gasteiger partial charge in [0.1, 0.15) is 0 Å². The Morgan fingerprint density at radius 2 is 1.27 bits per heavy atom. The molecule has 2 aromatic carbocycles. The van der Waals surface area contributed by atoms with Crippen LogP contribution in [0.25, 0.3) is 33.6 Å². The van der Waals surface area contributed by atoms with Crippen LogP contribution in [-0.4, -0.2) is 56.2 Å². The SMILES string of the molecule is CC(C)(C)c1ccc2c(oc3nc4ccccc4n32)c1C1=CB2N3C=CC=CB3N3C=CC=CB3N3C=CC=CB3N2C=C1. The maximum Gasteiger partial charge on any atom is 0.381 e. The molecule has 2 aromatic heterocycles. The van der Waals surface area contributed by atoms with Crippen LogP contribution < -0.4 is 0 Å². The lowest BCUT2D eigenvalue weighted by Crippen LogP contribution is -2.73. The number of fused-ring (bicyclic) bond motifs is 13. The third kappa shape index (κ3) is 3.65. The number of aromatic nitrogens is 2. The molecule has 0 N–H and O–H groups in total. The van der Waals surface area contributed by atoms with Gasteiger partial charge in [-0.05, 0) is 83.9 Å². The predicted molar refractivity (Wildman–Crippen MR) is 183 cm³/mol. The Hall–Kier alpha value is -4.91. The maximum absolute atomic E-state index is 6.67. The largest absolute Gasteiger partial charge is 0.423 e. The zero-order chi connectivity index (χ0) is 29.6. The summed E-state index contributed by atoms with van der Waals surface area (Å²) in [4.78, 5) is 4.84. The van der Waals surface area contributed by atoms with Crippen molar-refractivity contribution in [2.45, 2.75) is 26.2 Å². The van der Waals surface area contributed by atoms with Crippen molar-refractivity contribution >= 4 is 61.5 Å². The Morgan fingerprint density at radius 1 is 0.659 bits per heavy atom. The van der Waals surface area contributed by atoms with Crippen LogP contribution in [0.3, 0.4) is 0 Å². The van der Waals surface area contributed by atoms with Gasteiger partial charge in [-0.2, -0.15) is 4.98 Å². The van der Waals surface area contributed by atoms with Gasteiger partial charge in [0.25, 0.3) is 0 Å². The minimum atomic E-state index is -0.102. The third-order valence-electron chi connectivity index (χ3n) is 9.35. The lowest BCUT2D eigenvalue weighted by atomic mass is 9.41. The van der Waals surface area contributed by atoms with E-state index in [2.05, 4.69) is 160 Å². The number of oxazole rings is 1. The smallest absolute Gasteiger partial charge is 0.381 e. The number of hydrogen-bond donors (Lipinski definition) is 0. The van der Waals surface area contributed by atoms with Gasteiger partial charge in [-0.1, -0.05) is 81.1 Å². The van der Waals surface area contributed by atoms with Crippen molar-refractivity contribution in [1.82, 2.24) is 28.3 Å². The Labute approximate surface area is 258 Å². The van der Waals surface area contributed by atoms with E-state index in [0.29, 0.717) is 5.84 Å². The minimum Gasteiger partial charge on any atom is -0.423 e. The van der Waals surface area contributed by atoms with Crippen molar-refractivity contribution in [2.75, 3.05) is 0 Å². The molecule has 1 fully saturated rings. The first-order valence-electron chi connectivity index (χ1n) is 15.4. The minimum absolute atomic E-state index is 0.0408. The van der Waals surface area contributed by atoms with Gasteiger partial charge in [0, 0.05) is 5.56 Å². The first-order chi connectivity index (χ1) is 21.5. The van der Waals surface area contributed by atoms with E-state index in [4.69, 9.17) is 9.40 Å². The summed E-state index contributed by atoms with van der Waals surface area (Å²) in [6.07, 6.45) is 24.1. The van der Waals surface area contributed by atoms with Gasteiger partial charge < -0.3 is 23.3 Å². The number of allylic oxidation sites excluding steroid dienone is 8. The van der Waals surface area contributed by atoms with E-state index in [1.54, 1.807) is 0 Å². The second-order valence-corrected chi connectivity index (χ2v) is 13.0. The lowest BCUT2D eigenvalue weighted by molar-refractivity contribution is 0.584. The quantitative estimate of drug-likeness (QED) is 0.261. The van der Waals surface area contributed by atoms with Crippen molar-refractivity contribution < 1.29 is 4.42 Å². The highest BCUT2D eigenvalue weighted by molar-refractivity contribution is 6.92. The Balaban J connectivity index is 1.26. The molecule has 210 valence electrons. The van der Waals surface area contributed by atoms with Crippen LogP contribution in [0.5, 0.6) is 0 Å². The fourth-order valence-electron chi connectivity index (χ4n) is 7.36. The molecule has 0 radical (unpaired) electrons. The maximum atomic E-state index is 6.67. The van der Waals surface area contributed by atoms with Crippen LogP contribution in [0.4, 0.5) is 0 Å². The van der Waals surface area contributed by atoms with Gasteiger partial charge >= 0.3 is 33.8 Å². The topological polar surface area (TPSA) is 43.4 Å². The van der Waals surface area contributed by atoms with Crippen molar-refractivity contribution in [2.24, 2.45) is 0 Å². The summed E-state index contributed by atoms with van der Waals surface area (Å²) in [5, 5.41) is 0. The van der Waals surface area contributed by atoms with E-state index in [0.717, 1.165) is 33.3 Å². The molecule has 44 heavy (non-hydrogen) atoms. The Bertz CT molecular complexity index is 2060. The normalized spacial score (nSPS) is 18.8. The summed E-state index contributed by atoms with van der Waals surface area (Å²) >= 11 is 0. The monoisotopic (exact) mass is 570 g/mol. The lowest BCUT2D eigenvalue weighted by Gasteiger charge is -2.53. The van der Waals surface area contributed by atoms with Crippen LogP contribution in [-0.2, 0) is 5.41 Å². The Morgan fingerprint density at radius 3 is 1.93 bits per heavy atom. The molecule has 7 heterocycles. The molecule has 0 unspecified atom stereocenters. The first kappa shape index (κ1) is 25.6. The van der Waals surface area contributed by atoms with E-state index in [1.165, 1.54) is 5.56 Å². The number of imidazole rings is 1. The van der Waals surface area contributed by atoms with E-state index >= 15 is 0 Å². The summed E-state index contributed by atoms with van der Waals surface area (Å²) in [5.74, 6) is 9.90. The van der Waals surface area contributed by atoms with Gasteiger partial charge in [0.2, 0.25) is 0 Å². The molecule has 0 saturated carbocycles. The predicted octanol–water partition coefficient (Wildman–Crippen LogP) is 6.02. The average Bonchev–Trinajstić information content (AvgIpc) is 3.59. The van der Waals surface area contributed by atoms with Gasteiger partial charge in [-0.3, -0.25) is 4.40 Å². The summed E-state index contributed by atoms with van der Waals surface area (Å²) in [5.41, 5.74) is 7.32. The van der Waals surface area contributed by atoms with Crippen LogP contribution in [0.15, 0.2) is 132 Å². The van der Waals surface area contributed by atoms with Crippen LogP contribution in [0.2, 0.25) is 0 Å². The number of benzene rings is 2. The molecule has 0 aliphatic carbocycles. The molecule has 0 bridgehead atoms. The van der Waals surface area contributed by atoms with Crippen molar-refractivity contribution in [3.05, 3.63) is 139 Å². The van der Waals surface area contributed by atoms with Crippen LogP contribution in [0, 0.1) is 0 Å². The first-order valence-corrected chi connectivity index (χ1v) is 15.4. The van der Waals surface area contributed by atoms with Gasteiger partial charge in [-0.15, -0.1) is 0 Å². The highest BCUT2D eigenvalue weighted by atomic mass is 16.4. The van der Waals surface area contributed by atoms with Gasteiger partial charge in [0.15, 0.2) is 5.58 Å². The molecule has 5 aliphatic heterocycles. The number of para-hydroxylation sites is 2. The summed E-state index contributed by atoms with van der Waals surface area (Å²) < 4.78 is 18.6.